The molecule has 0 aliphatic carbocycles. The van der Waals surface area contributed by atoms with Gasteiger partial charge in [-0.2, -0.15) is 0 Å². The molecule has 0 spiro atoms. The van der Waals surface area contributed by atoms with Crippen LogP contribution in [-0.2, 0) is 20.9 Å². The summed E-state index contributed by atoms with van der Waals surface area (Å²) in [7, 11) is 0. The van der Waals surface area contributed by atoms with E-state index in [2.05, 4.69) is 4.98 Å². The van der Waals surface area contributed by atoms with Crippen LogP contribution in [0.3, 0.4) is 0 Å². The average molecular weight is 492 g/mol. The molecule has 2 heterocycles. The Hall–Kier alpha value is -2.29. The first kappa shape index (κ1) is 28.9. The minimum Gasteiger partial charge on any atom is -0.457 e. The number of allylic oxidation sites excluding steroid dienone is 1. The van der Waals surface area contributed by atoms with Gasteiger partial charge in [0.25, 0.3) is 0 Å². The van der Waals surface area contributed by atoms with E-state index in [9.17, 15) is 24.9 Å². The second kappa shape index (κ2) is 12.6. The molecular weight excluding hydrogens is 450 g/mol. The van der Waals surface area contributed by atoms with Crippen molar-refractivity contribution in [1.29, 1.82) is 0 Å². The fourth-order valence-electron chi connectivity index (χ4n) is 4.54. The second-order valence-electron chi connectivity index (χ2n) is 10.4. The first-order chi connectivity index (χ1) is 16.4. The first-order valence-electron chi connectivity index (χ1n) is 12.4. The van der Waals surface area contributed by atoms with Gasteiger partial charge in [-0.15, -0.1) is 0 Å². The largest absolute Gasteiger partial charge is 0.457 e. The number of rotatable bonds is 3. The Morgan fingerprint density at radius 3 is 2.54 bits per heavy atom. The van der Waals surface area contributed by atoms with E-state index in [1.165, 1.54) is 6.26 Å². The number of hydrogen-bond donors (Lipinski definition) is 3. The van der Waals surface area contributed by atoms with Crippen LogP contribution in [0.1, 0.15) is 78.8 Å². The molecule has 1 aromatic heterocycles. The molecule has 0 bridgehead atoms. The summed E-state index contributed by atoms with van der Waals surface area (Å²) in [4.78, 5) is 30.2. The molecule has 0 amide bonds. The normalized spacial score (nSPS) is 32.8. The van der Waals surface area contributed by atoms with Gasteiger partial charge in [-0.25, -0.2) is 4.98 Å². The van der Waals surface area contributed by atoms with Gasteiger partial charge in [0.1, 0.15) is 30.5 Å². The van der Waals surface area contributed by atoms with Crippen molar-refractivity contribution in [3.63, 3.8) is 0 Å². The zero-order chi connectivity index (χ0) is 26.3. The minimum absolute atomic E-state index is 0.0743. The summed E-state index contributed by atoms with van der Waals surface area (Å²) in [5, 5.41) is 30.7. The lowest BCUT2D eigenvalue weighted by Crippen LogP contribution is -2.45. The van der Waals surface area contributed by atoms with Gasteiger partial charge in [-0.05, 0) is 43.8 Å². The number of esters is 1. The predicted octanol–water partition coefficient (Wildman–Crippen LogP) is 3.84. The minimum atomic E-state index is -1.27. The molecule has 3 N–H and O–H groups in total. The van der Waals surface area contributed by atoms with Crippen LogP contribution < -0.4 is 0 Å². The number of hydrogen-bond acceptors (Lipinski definition) is 8. The number of cyclic esters (lactones) is 1. The van der Waals surface area contributed by atoms with Crippen molar-refractivity contribution in [2.45, 2.75) is 92.1 Å². The van der Waals surface area contributed by atoms with Crippen LogP contribution in [0, 0.1) is 23.2 Å². The third kappa shape index (κ3) is 7.59. The quantitative estimate of drug-likeness (QED) is 0.429. The van der Waals surface area contributed by atoms with Crippen LogP contribution in [0.2, 0.25) is 0 Å². The van der Waals surface area contributed by atoms with Gasteiger partial charge in [-0.1, -0.05) is 46.8 Å². The third-order valence-corrected chi connectivity index (χ3v) is 7.07. The Labute approximate surface area is 208 Å². The number of nitrogens with zero attached hydrogens (tertiary/aromatic N) is 1. The monoisotopic (exact) mass is 491 g/mol. The molecule has 35 heavy (non-hydrogen) atoms. The number of aromatic nitrogens is 1. The van der Waals surface area contributed by atoms with E-state index in [0.29, 0.717) is 5.69 Å². The van der Waals surface area contributed by atoms with Gasteiger partial charge in [0.2, 0.25) is 5.89 Å². The van der Waals surface area contributed by atoms with Crippen LogP contribution in [0.25, 0.3) is 6.08 Å². The number of aliphatic hydroxyl groups excluding tert-OH is 3. The van der Waals surface area contributed by atoms with E-state index in [0.717, 1.165) is 24.8 Å². The highest BCUT2D eigenvalue weighted by Crippen LogP contribution is 2.32. The van der Waals surface area contributed by atoms with Crippen molar-refractivity contribution < 1.29 is 34.1 Å². The smallest absolute Gasteiger partial charge is 0.309 e. The average Bonchev–Trinajstić information content (AvgIpc) is 3.27. The summed E-state index contributed by atoms with van der Waals surface area (Å²) in [6, 6.07) is 0. The first-order valence-corrected chi connectivity index (χ1v) is 12.4. The lowest BCUT2D eigenvalue weighted by atomic mass is 9.73. The van der Waals surface area contributed by atoms with Crippen LogP contribution in [0.4, 0.5) is 0 Å². The number of Topliss-reactive ketones (excluding diaryl/α,β-unsaturated/α-hetero) is 1. The lowest BCUT2D eigenvalue weighted by molar-refractivity contribution is -0.155. The number of ether oxygens (including phenoxy) is 1. The predicted molar refractivity (Wildman–Crippen MR) is 132 cm³/mol. The van der Waals surface area contributed by atoms with Gasteiger partial charge in [-0.3, -0.25) is 9.59 Å². The summed E-state index contributed by atoms with van der Waals surface area (Å²) < 4.78 is 11.0. The van der Waals surface area contributed by atoms with Crippen molar-refractivity contribution in [3.8, 4) is 0 Å². The fraction of sp³-hybridized carbons (Fsp3) is 0.667. The van der Waals surface area contributed by atoms with Crippen molar-refractivity contribution in [2.75, 3.05) is 0 Å². The van der Waals surface area contributed by atoms with E-state index >= 15 is 0 Å². The number of oxazole rings is 1. The van der Waals surface area contributed by atoms with Crippen LogP contribution in [0.5, 0.6) is 0 Å². The van der Waals surface area contributed by atoms with Crippen molar-refractivity contribution >= 4 is 17.8 Å². The maximum atomic E-state index is 13.2. The topological polar surface area (TPSA) is 130 Å². The summed E-state index contributed by atoms with van der Waals surface area (Å²) in [6.07, 6.45) is 6.53. The van der Waals surface area contributed by atoms with Crippen LogP contribution in [0.15, 0.2) is 28.4 Å². The Morgan fingerprint density at radius 1 is 1.23 bits per heavy atom. The van der Waals surface area contributed by atoms with E-state index < -0.39 is 35.6 Å². The maximum Gasteiger partial charge on any atom is 0.309 e. The lowest BCUT2D eigenvalue weighted by Gasteiger charge is -2.34. The summed E-state index contributed by atoms with van der Waals surface area (Å²) in [6.45, 7) is 10.3. The SMILES string of the molecule is C/C(=C\c1coc(CO)n1)[C@H]1OC(=O)C[C@H](O)C(C)(C)C(=O)[C@H](C)[C@@H](O)[C@@H](C)CCC/C=C\[C@@H]1C. The van der Waals surface area contributed by atoms with E-state index in [-0.39, 0.29) is 36.5 Å². The molecule has 1 aliphatic heterocycles. The van der Waals surface area contributed by atoms with E-state index in [1.54, 1.807) is 26.8 Å². The van der Waals surface area contributed by atoms with E-state index in [4.69, 9.17) is 9.15 Å². The molecule has 0 fully saturated rings. The highest BCUT2D eigenvalue weighted by atomic mass is 16.5. The number of aliphatic hydroxyl groups is 3. The highest BCUT2D eigenvalue weighted by Gasteiger charge is 2.42. The Balaban J connectivity index is 2.34. The summed E-state index contributed by atoms with van der Waals surface area (Å²) in [5.41, 5.74) is -0.00687. The molecule has 6 atom stereocenters. The van der Waals surface area contributed by atoms with Gasteiger partial charge in [0.15, 0.2) is 0 Å². The van der Waals surface area contributed by atoms with Crippen molar-refractivity contribution in [2.24, 2.45) is 23.2 Å². The zero-order valence-electron chi connectivity index (χ0n) is 21.7. The molecule has 0 saturated heterocycles. The van der Waals surface area contributed by atoms with E-state index in [1.807, 2.05) is 32.9 Å². The van der Waals surface area contributed by atoms with Crippen LogP contribution >= 0.6 is 0 Å². The van der Waals surface area contributed by atoms with Crippen LogP contribution in [-0.4, -0.2) is 50.4 Å². The third-order valence-electron chi connectivity index (χ3n) is 7.07. The molecule has 8 heteroatoms. The molecule has 8 nitrogen and oxygen atoms in total. The summed E-state index contributed by atoms with van der Waals surface area (Å²) >= 11 is 0. The molecule has 0 saturated carbocycles. The Bertz CT molecular complexity index is 916. The molecular formula is C27H41NO7. The zero-order valence-corrected chi connectivity index (χ0v) is 21.7. The molecule has 0 aromatic carbocycles. The summed E-state index contributed by atoms with van der Waals surface area (Å²) in [5.74, 6) is -1.62. The Morgan fingerprint density at radius 2 is 1.91 bits per heavy atom. The fourth-order valence-corrected chi connectivity index (χ4v) is 4.54. The number of carbonyl (C=O) groups excluding carboxylic acids is 2. The number of ketones is 1. The molecule has 1 aliphatic rings. The molecule has 0 radical (unpaired) electrons. The van der Waals surface area contributed by atoms with Gasteiger partial charge < -0.3 is 24.5 Å². The van der Waals surface area contributed by atoms with Gasteiger partial charge in [0.05, 0.1) is 24.0 Å². The van der Waals surface area contributed by atoms with Crippen molar-refractivity contribution in [1.82, 2.24) is 4.98 Å². The molecule has 2 rings (SSSR count). The maximum absolute atomic E-state index is 13.2. The van der Waals surface area contributed by atoms with Gasteiger partial charge in [0, 0.05) is 11.8 Å². The molecule has 196 valence electrons. The van der Waals surface area contributed by atoms with Crippen molar-refractivity contribution in [3.05, 3.63) is 35.6 Å². The molecule has 0 unspecified atom stereocenters. The second-order valence-corrected chi connectivity index (χ2v) is 10.4. The molecule has 1 aromatic rings. The Kier molecular flexibility index (Phi) is 10.4. The van der Waals surface area contributed by atoms with Gasteiger partial charge >= 0.3 is 5.97 Å². The number of carbonyl (C=O) groups is 2. The standard InChI is InChI=1S/C27H41NO7/c1-16-10-8-7-9-11-17(2)25(18(3)12-20-15-34-22(14-29)28-20)35-23(31)13-21(30)27(5,6)26(33)19(4)24(16)32/h9,11-12,15-17,19,21,24-25,29-30,32H,7-8,10,13-14H2,1-6H3/b11-9-,18-12+/t16-,17-,19+,21-,24-,25-/m0/s1. The highest BCUT2D eigenvalue weighted by molar-refractivity contribution is 5.88.